The van der Waals surface area contributed by atoms with Crippen molar-refractivity contribution in [2.24, 2.45) is 11.5 Å². The molecule has 0 aliphatic heterocycles. The number of aryl methyl sites for hydroxylation is 2. The SMILES string of the molecule is Cc1nc(CNc2ccc(S(=O)(=O)Nc3ccsc3C(=O)N[C@@H](CCCNC(N)N)C(=O)O)cc2)c(C)o1. The number of hydrogen-bond acceptors (Lipinski definition) is 11. The summed E-state index contributed by atoms with van der Waals surface area (Å²) in [5.74, 6) is -0.642. The highest BCUT2D eigenvalue weighted by Crippen LogP contribution is 2.26. The first-order chi connectivity index (χ1) is 18.0. The predicted octanol–water partition coefficient (Wildman–Crippen LogP) is 1.52. The number of oxazole rings is 1. The van der Waals surface area contributed by atoms with Crippen molar-refractivity contribution in [2.45, 2.75) is 50.5 Å². The molecule has 206 valence electrons. The van der Waals surface area contributed by atoms with E-state index in [1.165, 1.54) is 23.6 Å². The monoisotopic (exact) mass is 565 g/mol. The van der Waals surface area contributed by atoms with Gasteiger partial charge in [0.15, 0.2) is 5.89 Å². The van der Waals surface area contributed by atoms with E-state index in [9.17, 15) is 23.1 Å². The van der Waals surface area contributed by atoms with Gasteiger partial charge in [0, 0.05) is 12.6 Å². The van der Waals surface area contributed by atoms with Crippen LogP contribution in [0.2, 0.25) is 0 Å². The number of thiophene rings is 1. The van der Waals surface area contributed by atoms with Crippen molar-refractivity contribution in [3.8, 4) is 0 Å². The fourth-order valence-corrected chi connectivity index (χ4v) is 5.39. The molecule has 13 nitrogen and oxygen atoms in total. The normalized spacial score (nSPS) is 12.3. The smallest absolute Gasteiger partial charge is 0.326 e. The van der Waals surface area contributed by atoms with Crippen LogP contribution in [0.3, 0.4) is 0 Å². The van der Waals surface area contributed by atoms with E-state index < -0.39 is 34.2 Å². The molecule has 0 aliphatic carbocycles. The third-order valence-electron chi connectivity index (χ3n) is 5.39. The number of nitrogens with two attached hydrogens (primary N) is 2. The lowest BCUT2D eigenvalue weighted by molar-refractivity contribution is -0.139. The second kappa shape index (κ2) is 12.8. The van der Waals surface area contributed by atoms with Gasteiger partial charge in [-0.25, -0.2) is 18.2 Å². The molecule has 3 aromatic rings. The molecule has 1 amide bonds. The van der Waals surface area contributed by atoms with Gasteiger partial charge >= 0.3 is 5.97 Å². The summed E-state index contributed by atoms with van der Waals surface area (Å²) in [5, 5.41) is 19.4. The van der Waals surface area contributed by atoms with Crippen molar-refractivity contribution in [3.63, 3.8) is 0 Å². The lowest BCUT2D eigenvalue weighted by atomic mass is 10.1. The Balaban J connectivity index is 1.62. The van der Waals surface area contributed by atoms with Gasteiger partial charge in [-0.2, -0.15) is 0 Å². The van der Waals surface area contributed by atoms with Crippen LogP contribution in [0.5, 0.6) is 0 Å². The summed E-state index contributed by atoms with van der Waals surface area (Å²) in [7, 11) is -4.02. The summed E-state index contributed by atoms with van der Waals surface area (Å²) in [4.78, 5) is 28.7. The second-order valence-electron chi connectivity index (χ2n) is 8.37. The summed E-state index contributed by atoms with van der Waals surface area (Å²) < 4.78 is 33.8. The molecule has 38 heavy (non-hydrogen) atoms. The number of carbonyl (C=O) groups is 2. The van der Waals surface area contributed by atoms with Crippen LogP contribution >= 0.6 is 11.3 Å². The van der Waals surface area contributed by atoms with Crippen molar-refractivity contribution in [1.82, 2.24) is 15.6 Å². The molecule has 0 radical (unpaired) electrons. The average molecular weight is 566 g/mol. The van der Waals surface area contributed by atoms with Crippen LogP contribution in [-0.2, 0) is 21.4 Å². The van der Waals surface area contributed by atoms with Crippen LogP contribution in [0.15, 0.2) is 45.0 Å². The molecule has 0 saturated heterocycles. The summed E-state index contributed by atoms with van der Waals surface area (Å²) in [6.45, 7) is 4.36. The standard InChI is InChI=1S/C23H31N7O6S2/c1-13-19(28-14(2)36-13)12-27-15-5-7-16(8-6-15)38(34,35)30-17-9-11-37-20(17)21(31)29-18(22(32)33)4-3-10-26-23(24)25/h5-9,11,18,23,26-27,30H,3-4,10,12,24-25H2,1-2H3,(H,29,31)(H,32,33)/t18-/m0/s1. The summed E-state index contributed by atoms with van der Waals surface area (Å²) >= 11 is 0.988. The van der Waals surface area contributed by atoms with Crippen LogP contribution in [0.4, 0.5) is 11.4 Å². The summed E-state index contributed by atoms with van der Waals surface area (Å²) in [5.41, 5.74) is 12.3. The number of aromatic nitrogens is 1. The van der Waals surface area contributed by atoms with E-state index in [0.29, 0.717) is 36.8 Å². The maximum absolute atomic E-state index is 13.0. The number of rotatable bonds is 14. The molecule has 0 aliphatic rings. The fraction of sp³-hybridized carbons (Fsp3) is 0.348. The molecule has 0 spiro atoms. The lowest BCUT2D eigenvalue weighted by Gasteiger charge is -2.16. The third kappa shape index (κ3) is 8.00. The second-order valence-corrected chi connectivity index (χ2v) is 11.0. The topological polar surface area (TPSA) is 215 Å². The highest BCUT2D eigenvalue weighted by Gasteiger charge is 2.24. The maximum Gasteiger partial charge on any atom is 0.326 e. The van der Waals surface area contributed by atoms with Gasteiger partial charge in [-0.15, -0.1) is 11.3 Å². The van der Waals surface area contributed by atoms with Gasteiger partial charge < -0.3 is 31.6 Å². The van der Waals surface area contributed by atoms with E-state index in [2.05, 4.69) is 25.7 Å². The van der Waals surface area contributed by atoms with Crippen molar-refractivity contribution < 1.29 is 27.5 Å². The Hall–Kier alpha value is -3.50. The highest BCUT2D eigenvalue weighted by molar-refractivity contribution is 7.92. The minimum absolute atomic E-state index is 0.0110. The zero-order chi connectivity index (χ0) is 27.9. The number of carbonyl (C=O) groups excluding carboxylic acids is 1. The van der Waals surface area contributed by atoms with Gasteiger partial charge in [0.2, 0.25) is 0 Å². The number of carboxylic acid groups (broad SMARTS) is 1. The predicted molar refractivity (Wildman–Crippen MR) is 143 cm³/mol. The number of amides is 1. The Bertz CT molecular complexity index is 1350. The largest absolute Gasteiger partial charge is 0.480 e. The van der Waals surface area contributed by atoms with Crippen LogP contribution in [0, 0.1) is 13.8 Å². The molecule has 0 fully saturated rings. The molecule has 0 unspecified atom stereocenters. The molecular weight excluding hydrogens is 534 g/mol. The van der Waals surface area contributed by atoms with Crippen molar-refractivity contribution in [1.29, 1.82) is 0 Å². The van der Waals surface area contributed by atoms with E-state index in [1.807, 2.05) is 6.92 Å². The first-order valence-corrected chi connectivity index (χ1v) is 14.0. The molecule has 15 heteroatoms. The molecule has 1 aromatic carbocycles. The molecule has 3 rings (SSSR count). The lowest BCUT2D eigenvalue weighted by Crippen LogP contribution is -2.46. The average Bonchev–Trinajstić information content (AvgIpc) is 3.44. The first-order valence-electron chi connectivity index (χ1n) is 11.6. The number of carboxylic acids is 1. The van der Waals surface area contributed by atoms with E-state index in [1.54, 1.807) is 19.1 Å². The number of nitrogens with one attached hydrogen (secondary N) is 4. The van der Waals surface area contributed by atoms with E-state index in [-0.39, 0.29) is 21.9 Å². The Labute approximate surface area is 224 Å². The minimum Gasteiger partial charge on any atom is -0.480 e. The third-order valence-corrected chi connectivity index (χ3v) is 7.69. The molecule has 9 N–H and O–H groups in total. The van der Waals surface area contributed by atoms with Crippen molar-refractivity contribution >= 4 is 44.6 Å². The van der Waals surface area contributed by atoms with Crippen LogP contribution in [0.1, 0.15) is 39.9 Å². The number of anilines is 2. The minimum atomic E-state index is -4.02. The van der Waals surface area contributed by atoms with E-state index in [0.717, 1.165) is 17.0 Å². The molecule has 2 heterocycles. The van der Waals surface area contributed by atoms with E-state index >= 15 is 0 Å². The van der Waals surface area contributed by atoms with Gasteiger partial charge in [-0.05, 0) is 62.0 Å². The summed E-state index contributed by atoms with van der Waals surface area (Å²) in [6.07, 6.45) is -0.201. The number of hydrogen-bond donors (Lipinski definition) is 7. The molecule has 2 aromatic heterocycles. The first kappa shape index (κ1) is 29.1. The number of aliphatic carboxylic acids is 1. The number of benzene rings is 1. The molecule has 0 saturated carbocycles. The molecule has 0 bridgehead atoms. The quantitative estimate of drug-likeness (QED) is 0.110. The van der Waals surface area contributed by atoms with Crippen LogP contribution < -0.4 is 32.1 Å². The zero-order valence-corrected chi connectivity index (χ0v) is 22.5. The van der Waals surface area contributed by atoms with Crippen LogP contribution in [-0.4, -0.2) is 49.3 Å². The Kier molecular flexibility index (Phi) is 9.82. The number of sulfonamides is 1. The van der Waals surface area contributed by atoms with Gasteiger partial charge in [0.1, 0.15) is 28.7 Å². The maximum atomic E-state index is 13.0. The van der Waals surface area contributed by atoms with Crippen LogP contribution in [0.25, 0.3) is 0 Å². The van der Waals surface area contributed by atoms with Gasteiger partial charge in [0.25, 0.3) is 15.9 Å². The molecular formula is C23H31N7O6S2. The van der Waals surface area contributed by atoms with Gasteiger partial charge in [-0.3, -0.25) is 14.8 Å². The Morgan fingerprint density at radius 3 is 2.47 bits per heavy atom. The van der Waals surface area contributed by atoms with Crippen molar-refractivity contribution in [3.05, 3.63) is 57.9 Å². The zero-order valence-electron chi connectivity index (χ0n) is 20.9. The van der Waals surface area contributed by atoms with E-state index in [4.69, 9.17) is 15.9 Å². The molecule has 1 atom stereocenters. The fourth-order valence-electron chi connectivity index (χ4n) is 3.50. The Morgan fingerprint density at radius 1 is 1.16 bits per heavy atom. The van der Waals surface area contributed by atoms with Gasteiger partial charge in [-0.1, -0.05) is 0 Å². The number of nitrogens with zero attached hydrogens (tertiary/aromatic N) is 1. The highest BCUT2D eigenvalue weighted by atomic mass is 32.2. The summed E-state index contributed by atoms with van der Waals surface area (Å²) in [6, 6.07) is 6.36. The Morgan fingerprint density at radius 2 is 1.87 bits per heavy atom. The van der Waals surface area contributed by atoms with Crippen molar-refractivity contribution in [2.75, 3.05) is 16.6 Å². The van der Waals surface area contributed by atoms with Gasteiger partial charge in [0.05, 0.1) is 17.1 Å².